The summed E-state index contributed by atoms with van der Waals surface area (Å²) in [5.74, 6) is 0. The predicted octanol–water partition coefficient (Wildman–Crippen LogP) is -0.504. The van der Waals surface area contributed by atoms with Gasteiger partial charge in [-0.25, -0.2) is 9.18 Å². The van der Waals surface area contributed by atoms with E-state index >= 15 is 0 Å². The lowest BCUT2D eigenvalue weighted by atomic mass is 9.99. The number of ether oxygens (including phenoxy) is 3. The Morgan fingerprint density at radius 2 is 2.15 bits per heavy atom. The lowest BCUT2D eigenvalue weighted by molar-refractivity contribution is -0.252. The van der Waals surface area contributed by atoms with Crippen LogP contribution in [0.2, 0.25) is 0 Å². The Labute approximate surface area is 113 Å². The van der Waals surface area contributed by atoms with Gasteiger partial charge in [-0.3, -0.25) is 14.3 Å². The highest BCUT2D eigenvalue weighted by Gasteiger charge is 2.44. The SMILES string of the molecule is Cc1cn([C@@H]2CO[C@@H]3COCO[C@H]3[C@H]2F)c(=O)[nH]c1=O. The van der Waals surface area contributed by atoms with Gasteiger partial charge in [0.15, 0.2) is 6.17 Å². The van der Waals surface area contributed by atoms with Gasteiger partial charge in [0.05, 0.1) is 19.3 Å². The number of nitrogens with zero attached hydrogens (tertiary/aromatic N) is 1. The third kappa shape index (κ3) is 2.19. The molecule has 1 N–H and O–H groups in total. The molecule has 3 rings (SSSR count). The van der Waals surface area contributed by atoms with E-state index in [-0.39, 0.29) is 20.0 Å². The fourth-order valence-corrected chi connectivity index (χ4v) is 2.53. The van der Waals surface area contributed by atoms with Gasteiger partial charge in [0.1, 0.15) is 19.0 Å². The van der Waals surface area contributed by atoms with Gasteiger partial charge in [0, 0.05) is 11.8 Å². The molecule has 0 aromatic carbocycles. The van der Waals surface area contributed by atoms with E-state index in [4.69, 9.17) is 14.2 Å². The van der Waals surface area contributed by atoms with Crippen LogP contribution in [-0.2, 0) is 14.2 Å². The highest BCUT2D eigenvalue weighted by atomic mass is 19.1. The zero-order chi connectivity index (χ0) is 14.3. The van der Waals surface area contributed by atoms with E-state index in [2.05, 4.69) is 4.98 Å². The monoisotopic (exact) mass is 286 g/mol. The number of halogens is 1. The molecule has 0 bridgehead atoms. The van der Waals surface area contributed by atoms with Crippen LogP contribution < -0.4 is 11.2 Å². The Hall–Kier alpha value is -1.51. The standard InChI is InChI=1S/C12H15FN2O5/c1-6-2-15(12(17)14-11(6)16)7-3-19-8-4-18-5-20-10(8)9(7)13/h2,7-10H,3-5H2,1H3,(H,14,16,17)/t7-,8-,9+,10-/m1/s1. The van der Waals surface area contributed by atoms with Crippen molar-refractivity contribution in [2.75, 3.05) is 20.0 Å². The smallest absolute Gasteiger partial charge is 0.328 e. The lowest BCUT2D eigenvalue weighted by Crippen LogP contribution is -2.55. The number of aromatic amines is 1. The Kier molecular flexibility index (Phi) is 3.45. The van der Waals surface area contributed by atoms with E-state index < -0.39 is 35.7 Å². The first kappa shape index (κ1) is 13.5. The fourth-order valence-electron chi connectivity index (χ4n) is 2.53. The molecule has 2 saturated heterocycles. The Balaban J connectivity index is 1.93. The third-order valence-corrected chi connectivity index (χ3v) is 3.66. The van der Waals surface area contributed by atoms with Crippen LogP contribution in [0.3, 0.4) is 0 Å². The topological polar surface area (TPSA) is 82.6 Å². The lowest BCUT2D eigenvalue weighted by Gasteiger charge is -2.41. The molecule has 0 saturated carbocycles. The number of hydrogen-bond donors (Lipinski definition) is 1. The summed E-state index contributed by atoms with van der Waals surface area (Å²) in [6, 6.07) is -0.822. The number of nitrogens with one attached hydrogen (secondary N) is 1. The maximum absolute atomic E-state index is 14.6. The van der Waals surface area contributed by atoms with E-state index in [1.165, 1.54) is 6.20 Å². The van der Waals surface area contributed by atoms with Gasteiger partial charge in [0.25, 0.3) is 5.56 Å². The normalized spacial score (nSPS) is 33.7. The van der Waals surface area contributed by atoms with Crippen molar-refractivity contribution in [3.05, 3.63) is 32.6 Å². The summed E-state index contributed by atoms with van der Waals surface area (Å²) >= 11 is 0. The maximum Gasteiger partial charge on any atom is 0.328 e. The third-order valence-electron chi connectivity index (χ3n) is 3.66. The van der Waals surface area contributed by atoms with Crippen molar-refractivity contribution in [2.24, 2.45) is 0 Å². The van der Waals surface area contributed by atoms with Crippen molar-refractivity contribution in [3.8, 4) is 0 Å². The Morgan fingerprint density at radius 3 is 2.95 bits per heavy atom. The molecule has 110 valence electrons. The van der Waals surface area contributed by atoms with Gasteiger partial charge in [-0.15, -0.1) is 0 Å². The van der Waals surface area contributed by atoms with E-state index in [0.29, 0.717) is 5.56 Å². The van der Waals surface area contributed by atoms with Crippen LogP contribution in [0.4, 0.5) is 4.39 Å². The molecule has 1 aromatic heterocycles. The molecule has 4 atom stereocenters. The van der Waals surface area contributed by atoms with Crippen molar-refractivity contribution >= 4 is 0 Å². The molecule has 0 aliphatic carbocycles. The van der Waals surface area contributed by atoms with Crippen LogP contribution in [0.5, 0.6) is 0 Å². The fraction of sp³-hybridized carbons (Fsp3) is 0.667. The molecule has 0 spiro atoms. The average Bonchev–Trinajstić information content (AvgIpc) is 2.44. The molecule has 0 radical (unpaired) electrons. The molecule has 20 heavy (non-hydrogen) atoms. The highest BCUT2D eigenvalue weighted by molar-refractivity contribution is 5.04. The number of aryl methyl sites for hydroxylation is 1. The molecular weight excluding hydrogens is 271 g/mol. The second kappa shape index (κ2) is 5.12. The second-order valence-corrected chi connectivity index (χ2v) is 4.98. The molecule has 3 heterocycles. The Bertz CT molecular complexity index is 613. The minimum Gasteiger partial charge on any atom is -0.371 e. The molecule has 2 fully saturated rings. The van der Waals surface area contributed by atoms with Crippen LogP contribution in [0.25, 0.3) is 0 Å². The number of fused-ring (bicyclic) bond motifs is 1. The molecule has 7 nitrogen and oxygen atoms in total. The quantitative estimate of drug-likeness (QED) is 0.752. The van der Waals surface area contributed by atoms with E-state index in [0.717, 1.165) is 4.57 Å². The van der Waals surface area contributed by atoms with Gasteiger partial charge in [-0.05, 0) is 6.92 Å². The summed E-state index contributed by atoms with van der Waals surface area (Å²) in [7, 11) is 0. The van der Waals surface area contributed by atoms with E-state index in [1.54, 1.807) is 6.92 Å². The number of hydrogen-bond acceptors (Lipinski definition) is 5. The largest absolute Gasteiger partial charge is 0.371 e. The van der Waals surface area contributed by atoms with Crippen LogP contribution in [0.15, 0.2) is 15.8 Å². The first-order valence-corrected chi connectivity index (χ1v) is 6.35. The molecule has 0 unspecified atom stereocenters. The molecule has 2 aliphatic heterocycles. The van der Waals surface area contributed by atoms with Crippen LogP contribution in [0.1, 0.15) is 11.6 Å². The van der Waals surface area contributed by atoms with Crippen molar-refractivity contribution in [1.82, 2.24) is 9.55 Å². The van der Waals surface area contributed by atoms with Gasteiger partial charge in [-0.1, -0.05) is 0 Å². The minimum absolute atomic E-state index is 0.0111. The van der Waals surface area contributed by atoms with Crippen LogP contribution in [-0.4, -0.2) is 47.9 Å². The zero-order valence-corrected chi connectivity index (χ0v) is 10.9. The van der Waals surface area contributed by atoms with Gasteiger partial charge in [0.2, 0.25) is 0 Å². The predicted molar refractivity (Wildman–Crippen MR) is 65.4 cm³/mol. The van der Waals surface area contributed by atoms with Crippen LogP contribution in [0, 0.1) is 6.92 Å². The van der Waals surface area contributed by atoms with Crippen molar-refractivity contribution in [2.45, 2.75) is 31.3 Å². The summed E-state index contributed by atoms with van der Waals surface area (Å²) in [5.41, 5.74) is -0.784. The average molecular weight is 286 g/mol. The van der Waals surface area contributed by atoms with Crippen molar-refractivity contribution in [1.29, 1.82) is 0 Å². The molecule has 2 aliphatic rings. The van der Waals surface area contributed by atoms with Gasteiger partial charge in [-0.2, -0.15) is 0 Å². The first-order chi connectivity index (χ1) is 9.58. The van der Waals surface area contributed by atoms with Crippen molar-refractivity contribution in [3.63, 3.8) is 0 Å². The zero-order valence-electron chi connectivity index (χ0n) is 10.9. The molecular formula is C12H15FN2O5. The van der Waals surface area contributed by atoms with E-state index in [9.17, 15) is 14.0 Å². The number of rotatable bonds is 1. The second-order valence-electron chi connectivity index (χ2n) is 4.98. The summed E-state index contributed by atoms with van der Waals surface area (Å²) in [6.07, 6.45) is -1.28. The van der Waals surface area contributed by atoms with Crippen molar-refractivity contribution < 1.29 is 18.6 Å². The summed E-state index contributed by atoms with van der Waals surface area (Å²) in [5, 5.41) is 0. The highest BCUT2D eigenvalue weighted by Crippen LogP contribution is 2.30. The first-order valence-electron chi connectivity index (χ1n) is 6.35. The number of alkyl halides is 1. The summed E-state index contributed by atoms with van der Waals surface area (Å²) < 4.78 is 31.5. The summed E-state index contributed by atoms with van der Waals surface area (Å²) in [4.78, 5) is 25.3. The van der Waals surface area contributed by atoms with Gasteiger partial charge >= 0.3 is 5.69 Å². The Morgan fingerprint density at radius 1 is 1.35 bits per heavy atom. The number of H-pyrrole nitrogens is 1. The minimum atomic E-state index is -1.40. The maximum atomic E-state index is 14.6. The molecule has 8 heteroatoms. The van der Waals surface area contributed by atoms with Crippen LogP contribution >= 0.6 is 0 Å². The number of aromatic nitrogens is 2. The van der Waals surface area contributed by atoms with Gasteiger partial charge < -0.3 is 14.2 Å². The molecule has 1 aromatic rings. The van der Waals surface area contributed by atoms with E-state index in [1.807, 2.05) is 0 Å². The molecule has 0 amide bonds. The summed E-state index contributed by atoms with van der Waals surface area (Å²) in [6.45, 7) is 1.87.